The summed E-state index contributed by atoms with van der Waals surface area (Å²) in [5.74, 6) is -0.669. The molecular weight excluding hydrogens is 273 g/mol. The van der Waals surface area contributed by atoms with Gasteiger partial charge in [-0.1, -0.05) is 30.3 Å². The third kappa shape index (κ3) is 3.11. The van der Waals surface area contributed by atoms with Crippen molar-refractivity contribution in [1.29, 1.82) is 0 Å². The predicted octanol–water partition coefficient (Wildman–Crippen LogP) is 1.72. The Balaban J connectivity index is 1.75. The van der Waals surface area contributed by atoms with Crippen LogP contribution in [0.25, 0.3) is 0 Å². The first kappa shape index (κ1) is 14.9. The third-order valence-electron chi connectivity index (χ3n) is 4.19. The van der Waals surface area contributed by atoms with Gasteiger partial charge in [0.25, 0.3) is 0 Å². The van der Waals surface area contributed by atoms with Gasteiger partial charge >= 0.3 is 0 Å². The molecule has 1 N–H and O–H groups in total. The van der Waals surface area contributed by atoms with Crippen LogP contribution in [0, 0.1) is 0 Å². The Hall–Kier alpha value is -1.01. The van der Waals surface area contributed by atoms with Crippen LogP contribution in [0.2, 0.25) is 0 Å². The molecule has 0 amide bonds. The summed E-state index contributed by atoms with van der Waals surface area (Å²) in [6.45, 7) is 4.88. The Bertz CT molecular complexity index is 482. The lowest BCUT2D eigenvalue weighted by molar-refractivity contribution is -0.149. The van der Waals surface area contributed by atoms with Gasteiger partial charge in [0.2, 0.25) is 0 Å². The van der Waals surface area contributed by atoms with Crippen LogP contribution in [0.4, 0.5) is 4.39 Å². The van der Waals surface area contributed by atoms with Gasteiger partial charge < -0.3 is 14.6 Å². The van der Waals surface area contributed by atoms with E-state index in [4.69, 9.17) is 9.47 Å². The molecule has 1 aromatic carbocycles. The topological polar surface area (TPSA) is 41.9 Å². The maximum Gasteiger partial charge on any atom is 0.163 e. The molecule has 2 aliphatic heterocycles. The largest absolute Gasteiger partial charge is 0.388 e. The maximum absolute atomic E-state index is 14.0. The van der Waals surface area contributed by atoms with Crippen molar-refractivity contribution < 1.29 is 19.0 Å². The summed E-state index contributed by atoms with van der Waals surface area (Å²) in [6, 6.07) is 9.51. The van der Waals surface area contributed by atoms with E-state index in [1.165, 1.54) is 0 Å². The predicted molar refractivity (Wildman–Crippen MR) is 76.4 cm³/mol. The molecule has 21 heavy (non-hydrogen) atoms. The monoisotopic (exact) mass is 295 g/mol. The Labute approximate surface area is 124 Å². The zero-order chi connectivity index (χ0) is 15.0. The molecule has 0 radical (unpaired) electrons. The van der Waals surface area contributed by atoms with E-state index in [1.54, 1.807) is 0 Å². The molecule has 4 nitrogen and oxygen atoms in total. The van der Waals surface area contributed by atoms with Crippen LogP contribution >= 0.6 is 0 Å². The first-order valence-electron chi connectivity index (χ1n) is 7.38. The highest BCUT2D eigenvalue weighted by Crippen LogP contribution is 2.33. The van der Waals surface area contributed by atoms with Gasteiger partial charge in [-0.05, 0) is 19.4 Å². The summed E-state index contributed by atoms with van der Waals surface area (Å²) < 4.78 is 25.4. The number of aliphatic hydroxyl groups is 1. The van der Waals surface area contributed by atoms with Crippen LogP contribution in [0.3, 0.4) is 0 Å². The van der Waals surface area contributed by atoms with Crippen LogP contribution in [0.5, 0.6) is 0 Å². The van der Waals surface area contributed by atoms with Crippen molar-refractivity contribution in [2.24, 2.45) is 0 Å². The number of hydrogen-bond donors (Lipinski definition) is 1. The van der Waals surface area contributed by atoms with Crippen molar-refractivity contribution in [3.05, 3.63) is 35.9 Å². The zero-order valence-electron chi connectivity index (χ0n) is 12.4. The molecule has 0 spiro atoms. The van der Waals surface area contributed by atoms with E-state index in [9.17, 15) is 9.50 Å². The SMILES string of the molecule is CC1(C)OCC(C2C(O)C(F)CN2Cc2ccccc2)O1. The average Bonchev–Trinajstić information content (AvgIpc) is 2.92. The molecule has 2 saturated heterocycles. The number of hydrogen-bond acceptors (Lipinski definition) is 4. The normalized spacial score (nSPS) is 36.2. The summed E-state index contributed by atoms with van der Waals surface area (Å²) in [4.78, 5) is 1.96. The van der Waals surface area contributed by atoms with Gasteiger partial charge in [-0.15, -0.1) is 0 Å². The number of likely N-dealkylation sites (tertiary alicyclic amines) is 1. The Morgan fingerprint density at radius 2 is 2.05 bits per heavy atom. The molecule has 0 bridgehead atoms. The molecule has 4 atom stereocenters. The highest BCUT2D eigenvalue weighted by atomic mass is 19.1. The van der Waals surface area contributed by atoms with Gasteiger partial charge in [-0.3, -0.25) is 4.90 Å². The van der Waals surface area contributed by atoms with Crippen molar-refractivity contribution in [3.8, 4) is 0 Å². The van der Waals surface area contributed by atoms with Crippen molar-refractivity contribution in [2.45, 2.75) is 50.6 Å². The molecule has 116 valence electrons. The molecule has 5 heteroatoms. The second-order valence-corrected chi connectivity index (χ2v) is 6.28. The number of nitrogens with zero attached hydrogens (tertiary/aromatic N) is 1. The molecule has 2 aliphatic rings. The minimum absolute atomic E-state index is 0.223. The molecule has 0 saturated carbocycles. The highest BCUT2D eigenvalue weighted by molar-refractivity contribution is 5.15. The second-order valence-electron chi connectivity index (χ2n) is 6.28. The number of alkyl halides is 1. The fourth-order valence-electron chi connectivity index (χ4n) is 3.21. The fourth-order valence-corrected chi connectivity index (χ4v) is 3.21. The van der Waals surface area contributed by atoms with Gasteiger partial charge in [-0.25, -0.2) is 4.39 Å². The van der Waals surface area contributed by atoms with Crippen molar-refractivity contribution in [3.63, 3.8) is 0 Å². The number of aliphatic hydroxyl groups excluding tert-OH is 1. The van der Waals surface area contributed by atoms with Crippen LogP contribution in [-0.2, 0) is 16.0 Å². The van der Waals surface area contributed by atoms with Crippen LogP contribution in [0.1, 0.15) is 19.4 Å². The number of benzene rings is 1. The lowest BCUT2D eigenvalue weighted by atomic mass is 10.1. The summed E-state index contributed by atoms with van der Waals surface area (Å²) in [5.41, 5.74) is 1.10. The van der Waals surface area contributed by atoms with Gasteiger partial charge in [-0.2, -0.15) is 0 Å². The minimum Gasteiger partial charge on any atom is -0.388 e. The summed E-state index contributed by atoms with van der Waals surface area (Å²) in [7, 11) is 0. The minimum atomic E-state index is -1.24. The van der Waals surface area contributed by atoms with Gasteiger partial charge in [0.1, 0.15) is 18.4 Å². The smallest absolute Gasteiger partial charge is 0.163 e. The molecule has 4 unspecified atom stereocenters. The van der Waals surface area contributed by atoms with Gasteiger partial charge in [0.15, 0.2) is 5.79 Å². The van der Waals surface area contributed by atoms with Crippen molar-refractivity contribution >= 4 is 0 Å². The third-order valence-corrected chi connectivity index (χ3v) is 4.19. The Morgan fingerprint density at radius 3 is 2.67 bits per heavy atom. The standard InChI is InChI=1S/C16H22FNO3/c1-16(2)20-10-13(21-16)14-15(19)12(17)9-18(14)8-11-6-4-3-5-7-11/h3-7,12-15,19H,8-10H2,1-2H3. The first-order chi connectivity index (χ1) is 9.96. The number of ether oxygens (including phenoxy) is 2. The number of rotatable bonds is 3. The summed E-state index contributed by atoms with van der Waals surface area (Å²) in [5, 5.41) is 10.2. The van der Waals surface area contributed by atoms with E-state index >= 15 is 0 Å². The molecule has 2 heterocycles. The Kier molecular flexibility index (Phi) is 4.01. The van der Waals surface area contributed by atoms with Crippen molar-refractivity contribution in [1.82, 2.24) is 4.90 Å². The number of halogens is 1. The second kappa shape index (κ2) is 5.65. The lowest BCUT2D eigenvalue weighted by Gasteiger charge is -2.30. The average molecular weight is 295 g/mol. The molecule has 0 aromatic heterocycles. The zero-order valence-corrected chi connectivity index (χ0v) is 12.4. The van der Waals surface area contributed by atoms with E-state index in [1.807, 2.05) is 49.1 Å². The Morgan fingerprint density at radius 1 is 1.33 bits per heavy atom. The lowest BCUT2D eigenvalue weighted by Crippen LogP contribution is -2.46. The molecule has 2 fully saturated rings. The highest BCUT2D eigenvalue weighted by Gasteiger charge is 2.49. The van der Waals surface area contributed by atoms with Crippen LogP contribution in [0.15, 0.2) is 30.3 Å². The first-order valence-corrected chi connectivity index (χ1v) is 7.38. The van der Waals surface area contributed by atoms with E-state index in [0.717, 1.165) is 5.56 Å². The molecule has 3 rings (SSSR count). The van der Waals surface area contributed by atoms with Crippen molar-refractivity contribution in [2.75, 3.05) is 13.2 Å². The quantitative estimate of drug-likeness (QED) is 0.922. The molecular formula is C16H22FNO3. The van der Waals surface area contributed by atoms with E-state index < -0.39 is 18.1 Å². The summed E-state index contributed by atoms with van der Waals surface area (Å²) in [6.07, 6.45) is -2.58. The van der Waals surface area contributed by atoms with E-state index in [0.29, 0.717) is 13.2 Å². The fraction of sp³-hybridized carbons (Fsp3) is 0.625. The van der Waals surface area contributed by atoms with Crippen LogP contribution < -0.4 is 0 Å². The van der Waals surface area contributed by atoms with E-state index in [2.05, 4.69) is 0 Å². The van der Waals surface area contributed by atoms with Gasteiger partial charge in [0.05, 0.1) is 12.6 Å². The van der Waals surface area contributed by atoms with Crippen LogP contribution in [-0.4, -0.2) is 53.4 Å². The van der Waals surface area contributed by atoms with Gasteiger partial charge in [0, 0.05) is 13.1 Å². The maximum atomic E-state index is 14.0. The summed E-state index contributed by atoms with van der Waals surface area (Å²) >= 11 is 0. The van der Waals surface area contributed by atoms with E-state index in [-0.39, 0.29) is 18.7 Å². The molecule has 1 aromatic rings. The molecule has 0 aliphatic carbocycles.